The molecule has 2 amide bonds. The van der Waals surface area contributed by atoms with Crippen molar-refractivity contribution < 1.29 is 23.5 Å². The minimum atomic E-state index is -0.994. The summed E-state index contributed by atoms with van der Waals surface area (Å²) < 4.78 is 21.6. The second-order valence-electron chi connectivity index (χ2n) is 11.5. The molecule has 4 aromatic rings. The minimum Gasteiger partial charge on any atom is -0.462 e. The van der Waals surface area contributed by atoms with Gasteiger partial charge in [0.1, 0.15) is 12.4 Å². The van der Waals surface area contributed by atoms with Crippen LogP contribution in [0, 0.1) is 5.82 Å². The first kappa shape index (κ1) is 32.8. The van der Waals surface area contributed by atoms with E-state index in [0.29, 0.717) is 23.2 Å². The number of ether oxygens (including phenoxy) is 1. The number of hydrogen-bond donors (Lipinski definition) is 1. The van der Waals surface area contributed by atoms with Crippen molar-refractivity contribution in [3.63, 3.8) is 0 Å². The van der Waals surface area contributed by atoms with Gasteiger partial charge in [-0.3, -0.25) is 9.59 Å². The number of nitrogens with one attached hydrogen (secondary N) is 1. The van der Waals surface area contributed by atoms with Crippen LogP contribution >= 0.6 is 11.6 Å². The van der Waals surface area contributed by atoms with Gasteiger partial charge in [-0.1, -0.05) is 23.7 Å². The number of rotatable bonds is 8. The Morgan fingerprint density at radius 1 is 1.02 bits per heavy atom. The number of likely N-dealkylation sites (N-methyl/N-ethyl adjacent to an activating group) is 1. The number of carbonyl (C=O) groups excluding carboxylic acids is 3. The summed E-state index contributed by atoms with van der Waals surface area (Å²) in [4.78, 5) is 46.3. The van der Waals surface area contributed by atoms with Crippen molar-refractivity contribution in [3.05, 3.63) is 100 Å². The van der Waals surface area contributed by atoms with Crippen LogP contribution in [-0.2, 0) is 20.7 Å². The number of hydrogen-bond acceptors (Lipinski definition) is 9. The first-order chi connectivity index (χ1) is 23.2. The van der Waals surface area contributed by atoms with Crippen molar-refractivity contribution in [2.45, 2.75) is 19.4 Å². The number of piperazine rings is 1. The highest BCUT2D eigenvalue weighted by Crippen LogP contribution is 2.37. The maximum atomic E-state index is 15.3. The standard InChI is InChI=1S/C34H34ClFN8O4/c1-3-48-34(47)22-7-9-23(10-8-22)38-33(46)32-25-5-4-6-28(42-19-17-41(2)18-20-42)24(25)15-16-43(32)30(45)14-11-26-29(44-21-37-39-40-44)13-12-27(35)31(26)36/h4-14,21,32H,3,15-20H2,1-2H3,(H,38,46)/b14-11+/t32-/m1/s1. The summed E-state index contributed by atoms with van der Waals surface area (Å²) in [5, 5.41) is 13.9. The van der Waals surface area contributed by atoms with Crippen LogP contribution in [0.3, 0.4) is 0 Å². The fourth-order valence-corrected chi connectivity index (χ4v) is 6.23. The van der Waals surface area contributed by atoms with E-state index in [4.69, 9.17) is 16.3 Å². The second kappa shape index (κ2) is 14.3. The molecule has 0 aliphatic carbocycles. The van der Waals surface area contributed by atoms with Crippen molar-refractivity contribution in [2.24, 2.45) is 0 Å². The Kier molecular flexibility index (Phi) is 9.78. The van der Waals surface area contributed by atoms with Crippen LogP contribution in [0.4, 0.5) is 15.8 Å². The molecule has 0 bridgehead atoms. The molecular weight excluding hydrogens is 639 g/mol. The number of fused-ring (bicyclic) bond motifs is 1. The summed E-state index contributed by atoms with van der Waals surface area (Å²) in [6.45, 7) is 5.74. The molecule has 248 valence electrons. The van der Waals surface area contributed by atoms with E-state index in [1.807, 2.05) is 12.1 Å². The van der Waals surface area contributed by atoms with Gasteiger partial charge in [0.05, 0.1) is 22.9 Å². The molecular formula is C34H34ClFN8O4. The van der Waals surface area contributed by atoms with Crippen LogP contribution < -0.4 is 10.2 Å². The minimum absolute atomic E-state index is 0.0144. The Hall–Kier alpha value is -5.14. The van der Waals surface area contributed by atoms with Crippen LogP contribution in [0.2, 0.25) is 5.02 Å². The third kappa shape index (κ3) is 6.78. The number of tetrazole rings is 1. The van der Waals surface area contributed by atoms with Crippen LogP contribution in [0.25, 0.3) is 11.8 Å². The molecule has 48 heavy (non-hydrogen) atoms. The Balaban J connectivity index is 1.33. The summed E-state index contributed by atoms with van der Waals surface area (Å²) in [7, 11) is 2.09. The normalized spacial score (nSPS) is 16.5. The Bertz CT molecular complexity index is 1840. The largest absolute Gasteiger partial charge is 0.462 e. The first-order valence-electron chi connectivity index (χ1n) is 15.6. The number of halogens is 2. The summed E-state index contributed by atoms with van der Waals surface area (Å²) in [5.74, 6) is -2.13. The molecule has 1 saturated heterocycles. The molecule has 6 rings (SSSR count). The monoisotopic (exact) mass is 672 g/mol. The number of benzene rings is 3. The third-order valence-electron chi connectivity index (χ3n) is 8.53. The predicted molar refractivity (Wildman–Crippen MR) is 178 cm³/mol. The van der Waals surface area contributed by atoms with E-state index >= 15 is 4.39 Å². The molecule has 0 saturated carbocycles. The average Bonchev–Trinajstić information content (AvgIpc) is 3.64. The topological polar surface area (TPSA) is 126 Å². The zero-order valence-corrected chi connectivity index (χ0v) is 27.2. The third-order valence-corrected chi connectivity index (χ3v) is 8.83. The van der Waals surface area contributed by atoms with Crippen molar-refractivity contribution in [1.82, 2.24) is 30.0 Å². The van der Waals surface area contributed by atoms with E-state index in [1.54, 1.807) is 37.3 Å². The highest BCUT2D eigenvalue weighted by Gasteiger charge is 2.37. The van der Waals surface area contributed by atoms with Crippen molar-refractivity contribution in [2.75, 3.05) is 56.6 Å². The summed E-state index contributed by atoms with van der Waals surface area (Å²) in [6, 6.07) is 14.1. The lowest BCUT2D eigenvalue weighted by Gasteiger charge is -2.40. The second-order valence-corrected chi connectivity index (χ2v) is 11.9. The molecule has 0 spiro atoms. The van der Waals surface area contributed by atoms with E-state index < -0.39 is 29.6 Å². The zero-order valence-electron chi connectivity index (χ0n) is 26.5. The first-order valence-corrected chi connectivity index (χ1v) is 16.0. The van der Waals surface area contributed by atoms with Crippen molar-refractivity contribution in [3.8, 4) is 5.69 Å². The van der Waals surface area contributed by atoms with Gasteiger partial charge in [-0.15, -0.1) is 5.10 Å². The van der Waals surface area contributed by atoms with Crippen molar-refractivity contribution >= 4 is 46.8 Å². The van der Waals surface area contributed by atoms with Crippen LogP contribution in [0.15, 0.2) is 67.0 Å². The lowest BCUT2D eigenvalue weighted by atomic mass is 9.89. The molecule has 1 N–H and O–H groups in total. The molecule has 2 aliphatic rings. The van der Waals surface area contributed by atoms with Gasteiger partial charge in [-0.05, 0) is 90.5 Å². The fraction of sp³-hybridized carbons (Fsp3) is 0.294. The van der Waals surface area contributed by atoms with Gasteiger partial charge in [-0.2, -0.15) is 4.68 Å². The Morgan fingerprint density at radius 3 is 2.50 bits per heavy atom. The molecule has 1 atom stereocenters. The lowest BCUT2D eigenvalue weighted by molar-refractivity contribution is -0.135. The number of carbonyl (C=O) groups is 3. The smallest absolute Gasteiger partial charge is 0.338 e. The SMILES string of the molecule is CCOC(=O)c1ccc(NC(=O)[C@H]2c3cccc(N4CCN(C)CC4)c3CCN2C(=O)/C=C/c2c(-n3cnnn3)ccc(Cl)c2F)cc1. The number of anilines is 2. The highest BCUT2D eigenvalue weighted by atomic mass is 35.5. The summed E-state index contributed by atoms with van der Waals surface area (Å²) in [6.07, 6.45) is 4.38. The van der Waals surface area contributed by atoms with Gasteiger partial charge in [-0.25, -0.2) is 9.18 Å². The molecule has 14 heteroatoms. The molecule has 3 heterocycles. The van der Waals surface area contributed by atoms with E-state index in [0.717, 1.165) is 37.4 Å². The summed E-state index contributed by atoms with van der Waals surface area (Å²) in [5.41, 5.74) is 3.87. The van der Waals surface area contributed by atoms with Gasteiger partial charge >= 0.3 is 5.97 Å². The average molecular weight is 673 g/mol. The van der Waals surface area contributed by atoms with E-state index in [1.165, 1.54) is 34.1 Å². The maximum Gasteiger partial charge on any atom is 0.338 e. The Morgan fingerprint density at radius 2 is 1.79 bits per heavy atom. The van der Waals surface area contributed by atoms with Crippen molar-refractivity contribution in [1.29, 1.82) is 0 Å². The highest BCUT2D eigenvalue weighted by molar-refractivity contribution is 6.31. The van der Waals surface area contributed by atoms with E-state index in [-0.39, 0.29) is 29.4 Å². The fourth-order valence-electron chi connectivity index (χ4n) is 6.06. The van der Waals surface area contributed by atoms with Gasteiger partial charge in [0.15, 0.2) is 5.82 Å². The van der Waals surface area contributed by atoms with Crippen LogP contribution in [0.1, 0.15) is 40.0 Å². The molecule has 0 unspecified atom stereocenters. The molecule has 0 radical (unpaired) electrons. The van der Waals surface area contributed by atoms with Gasteiger partial charge in [0.2, 0.25) is 5.91 Å². The summed E-state index contributed by atoms with van der Waals surface area (Å²) >= 11 is 6.09. The van der Waals surface area contributed by atoms with Crippen LogP contribution in [-0.4, -0.2) is 94.2 Å². The number of aromatic nitrogens is 4. The number of amides is 2. The number of esters is 1. The lowest BCUT2D eigenvalue weighted by Crippen LogP contribution is -2.47. The van der Waals surface area contributed by atoms with Gasteiger partial charge in [0, 0.05) is 55.7 Å². The molecule has 12 nitrogen and oxygen atoms in total. The van der Waals surface area contributed by atoms with E-state index in [2.05, 4.69) is 43.8 Å². The van der Waals surface area contributed by atoms with E-state index in [9.17, 15) is 14.4 Å². The Labute approximate surface area is 281 Å². The quantitative estimate of drug-likeness (QED) is 0.217. The molecule has 3 aromatic carbocycles. The molecule has 2 aliphatic heterocycles. The van der Waals surface area contributed by atoms with Gasteiger partial charge < -0.3 is 24.8 Å². The zero-order chi connectivity index (χ0) is 33.8. The maximum absolute atomic E-state index is 15.3. The van der Waals surface area contributed by atoms with Crippen LogP contribution in [0.5, 0.6) is 0 Å². The molecule has 1 aromatic heterocycles. The van der Waals surface area contributed by atoms with Gasteiger partial charge in [0.25, 0.3) is 5.91 Å². The predicted octanol–water partition coefficient (Wildman–Crippen LogP) is 4.16. The molecule has 1 fully saturated rings. The number of nitrogens with zero attached hydrogens (tertiary/aromatic N) is 7.